The molecule has 0 saturated carbocycles. The Morgan fingerprint density at radius 1 is 1.00 bits per heavy atom. The Morgan fingerprint density at radius 2 is 1.68 bits per heavy atom. The van der Waals surface area contributed by atoms with E-state index in [1.54, 1.807) is 0 Å². The maximum atomic E-state index is 14.3. The standard InChI is InChI=1S/C16H10F5N5O2/c17-15(18,14(27)8-26-9-23-24-25-26)13-6-3-11(7-22-13)10-1-4-12(5-2-10)28-16(19,20)21/h1-7,9H,8H2. The Hall–Kier alpha value is -3.44. The van der Waals surface area contributed by atoms with Gasteiger partial charge in [0.2, 0.25) is 5.78 Å². The first-order valence-electron chi connectivity index (χ1n) is 7.60. The molecule has 146 valence electrons. The third-order valence-corrected chi connectivity index (χ3v) is 3.55. The summed E-state index contributed by atoms with van der Waals surface area (Å²) >= 11 is 0. The van der Waals surface area contributed by atoms with E-state index in [-0.39, 0.29) is 0 Å². The molecule has 0 amide bonds. The molecule has 2 heterocycles. The maximum absolute atomic E-state index is 14.3. The van der Waals surface area contributed by atoms with Crippen LogP contribution in [0.5, 0.6) is 5.75 Å². The molecule has 0 aliphatic rings. The van der Waals surface area contributed by atoms with Crippen LogP contribution in [-0.2, 0) is 17.3 Å². The maximum Gasteiger partial charge on any atom is 0.573 e. The number of alkyl halides is 5. The van der Waals surface area contributed by atoms with Crippen molar-refractivity contribution in [1.29, 1.82) is 0 Å². The lowest BCUT2D eigenvalue weighted by Crippen LogP contribution is -2.30. The fraction of sp³-hybridized carbons (Fsp3) is 0.188. The van der Waals surface area contributed by atoms with E-state index >= 15 is 0 Å². The molecule has 0 aliphatic heterocycles. The summed E-state index contributed by atoms with van der Waals surface area (Å²) in [4.78, 5) is 15.4. The van der Waals surface area contributed by atoms with Crippen molar-refractivity contribution in [1.82, 2.24) is 25.2 Å². The number of benzene rings is 1. The first-order chi connectivity index (χ1) is 13.1. The zero-order valence-corrected chi connectivity index (χ0v) is 13.8. The predicted molar refractivity (Wildman–Crippen MR) is 83.1 cm³/mol. The van der Waals surface area contributed by atoms with Crippen molar-refractivity contribution in [2.24, 2.45) is 0 Å². The quantitative estimate of drug-likeness (QED) is 0.593. The second kappa shape index (κ2) is 7.29. The fourth-order valence-electron chi connectivity index (χ4n) is 2.24. The SMILES string of the molecule is O=C(Cn1cnnn1)C(F)(F)c1ccc(-c2ccc(OC(F)(F)F)cc2)cn1. The molecule has 0 atom stereocenters. The van der Waals surface area contributed by atoms with E-state index in [1.165, 1.54) is 18.2 Å². The number of rotatable bonds is 6. The lowest BCUT2D eigenvalue weighted by molar-refractivity contribution is -0.274. The number of hydrogen-bond donors (Lipinski definition) is 0. The van der Waals surface area contributed by atoms with Crippen LogP contribution in [0, 0.1) is 0 Å². The van der Waals surface area contributed by atoms with Gasteiger partial charge in [-0.1, -0.05) is 18.2 Å². The van der Waals surface area contributed by atoms with Gasteiger partial charge >= 0.3 is 12.3 Å². The van der Waals surface area contributed by atoms with Crippen LogP contribution in [0.2, 0.25) is 0 Å². The average Bonchev–Trinajstić information content (AvgIpc) is 3.14. The normalized spacial score (nSPS) is 12.0. The van der Waals surface area contributed by atoms with Crippen molar-refractivity contribution >= 4 is 5.78 Å². The molecule has 7 nitrogen and oxygen atoms in total. The van der Waals surface area contributed by atoms with Gasteiger partial charge < -0.3 is 4.74 Å². The molecular formula is C16H10F5N5O2. The third-order valence-electron chi connectivity index (χ3n) is 3.55. The zero-order chi connectivity index (χ0) is 20.4. The van der Waals surface area contributed by atoms with Gasteiger partial charge in [0.05, 0.1) is 0 Å². The topological polar surface area (TPSA) is 82.8 Å². The molecule has 0 aliphatic carbocycles. The number of halogens is 5. The molecule has 0 unspecified atom stereocenters. The zero-order valence-electron chi connectivity index (χ0n) is 13.8. The van der Waals surface area contributed by atoms with Crippen LogP contribution in [0.4, 0.5) is 22.0 Å². The summed E-state index contributed by atoms with van der Waals surface area (Å²) in [6.45, 7) is -0.732. The molecule has 0 saturated heterocycles. The van der Waals surface area contributed by atoms with Gasteiger partial charge in [0.25, 0.3) is 0 Å². The second-order valence-electron chi connectivity index (χ2n) is 5.51. The van der Waals surface area contributed by atoms with Crippen LogP contribution >= 0.6 is 0 Å². The van der Waals surface area contributed by atoms with Crippen LogP contribution < -0.4 is 4.74 Å². The number of ether oxygens (including phenoxy) is 1. The van der Waals surface area contributed by atoms with Gasteiger partial charge in [-0.15, -0.1) is 18.3 Å². The predicted octanol–water partition coefficient (Wildman–Crippen LogP) is 2.99. The smallest absolute Gasteiger partial charge is 0.406 e. The molecule has 0 radical (unpaired) electrons. The van der Waals surface area contributed by atoms with E-state index in [0.717, 1.165) is 35.4 Å². The van der Waals surface area contributed by atoms with Crippen LogP contribution in [0.1, 0.15) is 5.69 Å². The first kappa shape index (κ1) is 19.3. The number of hydrogen-bond acceptors (Lipinski definition) is 6. The molecule has 1 aromatic carbocycles. The number of ketones is 1. The largest absolute Gasteiger partial charge is 0.573 e. The van der Waals surface area contributed by atoms with E-state index in [4.69, 9.17) is 0 Å². The van der Waals surface area contributed by atoms with E-state index in [2.05, 4.69) is 25.2 Å². The van der Waals surface area contributed by atoms with Crippen molar-refractivity contribution < 1.29 is 31.5 Å². The molecule has 2 aromatic heterocycles. The van der Waals surface area contributed by atoms with Gasteiger partial charge in [-0.3, -0.25) is 9.78 Å². The van der Waals surface area contributed by atoms with Gasteiger partial charge in [-0.2, -0.15) is 8.78 Å². The molecule has 0 N–H and O–H groups in total. The summed E-state index contributed by atoms with van der Waals surface area (Å²) in [5.74, 6) is -5.73. The Labute approximate surface area is 153 Å². The summed E-state index contributed by atoms with van der Waals surface area (Å²) in [6, 6.07) is 7.05. The minimum absolute atomic E-state index is 0.367. The Morgan fingerprint density at radius 3 is 2.21 bits per heavy atom. The Bertz CT molecular complexity index is 941. The summed E-state index contributed by atoms with van der Waals surface area (Å²) in [6.07, 6.45) is -2.70. The molecular weight excluding hydrogens is 389 g/mol. The van der Waals surface area contributed by atoms with Crippen LogP contribution in [0.15, 0.2) is 48.9 Å². The summed E-state index contributed by atoms with van der Waals surface area (Å²) in [7, 11) is 0. The van der Waals surface area contributed by atoms with Gasteiger partial charge in [-0.05, 0) is 34.2 Å². The highest BCUT2D eigenvalue weighted by Gasteiger charge is 2.42. The number of pyridine rings is 1. The van der Waals surface area contributed by atoms with Crippen molar-refractivity contribution in [3.05, 3.63) is 54.6 Å². The highest BCUT2D eigenvalue weighted by Crippen LogP contribution is 2.30. The van der Waals surface area contributed by atoms with Gasteiger partial charge in [0.1, 0.15) is 24.3 Å². The minimum atomic E-state index is -4.81. The molecule has 0 spiro atoms. The second-order valence-corrected chi connectivity index (χ2v) is 5.51. The van der Waals surface area contributed by atoms with E-state index in [9.17, 15) is 26.7 Å². The third kappa shape index (κ3) is 4.45. The number of Topliss-reactive ketones (excluding diaryl/α,β-unsaturated/α-hetero) is 1. The highest BCUT2D eigenvalue weighted by atomic mass is 19.4. The van der Waals surface area contributed by atoms with Gasteiger partial charge in [0, 0.05) is 11.8 Å². The van der Waals surface area contributed by atoms with Crippen molar-refractivity contribution in [3.8, 4) is 16.9 Å². The highest BCUT2D eigenvalue weighted by molar-refractivity contribution is 5.86. The minimum Gasteiger partial charge on any atom is -0.406 e. The lowest BCUT2D eigenvalue weighted by Gasteiger charge is -2.14. The fourth-order valence-corrected chi connectivity index (χ4v) is 2.24. The molecule has 3 rings (SSSR count). The number of carbonyl (C=O) groups excluding carboxylic acids is 1. The van der Waals surface area contributed by atoms with E-state index < -0.39 is 36.1 Å². The number of tetrazole rings is 1. The summed E-state index contributed by atoms with van der Waals surface area (Å²) in [5, 5.41) is 9.85. The molecule has 0 fully saturated rings. The Kier molecular flexibility index (Phi) is 5.03. The molecule has 3 aromatic rings. The van der Waals surface area contributed by atoms with Crippen molar-refractivity contribution in [2.75, 3.05) is 0 Å². The van der Waals surface area contributed by atoms with E-state index in [1.807, 2.05) is 0 Å². The Balaban J connectivity index is 1.74. The number of aromatic nitrogens is 5. The molecule has 0 bridgehead atoms. The van der Waals surface area contributed by atoms with Crippen LogP contribution in [0.3, 0.4) is 0 Å². The van der Waals surface area contributed by atoms with Crippen LogP contribution in [-0.4, -0.2) is 37.3 Å². The van der Waals surface area contributed by atoms with Gasteiger partial charge in [0.15, 0.2) is 0 Å². The number of carbonyl (C=O) groups is 1. The van der Waals surface area contributed by atoms with Gasteiger partial charge in [-0.25, -0.2) is 4.68 Å². The van der Waals surface area contributed by atoms with E-state index in [0.29, 0.717) is 11.1 Å². The average molecular weight is 399 g/mol. The molecule has 28 heavy (non-hydrogen) atoms. The monoisotopic (exact) mass is 399 g/mol. The van der Waals surface area contributed by atoms with Crippen LogP contribution in [0.25, 0.3) is 11.1 Å². The summed E-state index contributed by atoms with van der Waals surface area (Å²) < 4.78 is 69.6. The summed E-state index contributed by atoms with van der Waals surface area (Å²) in [5.41, 5.74) is 0.0225. The lowest BCUT2D eigenvalue weighted by atomic mass is 10.1. The first-order valence-corrected chi connectivity index (χ1v) is 7.60. The van der Waals surface area contributed by atoms with Crippen molar-refractivity contribution in [2.45, 2.75) is 18.8 Å². The molecule has 12 heteroatoms. The van der Waals surface area contributed by atoms with Crippen molar-refractivity contribution in [3.63, 3.8) is 0 Å². The number of nitrogens with zero attached hydrogens (tertiary/aromatic N) is 5.